The minimum Gasteiger partial charge on any atom is -0.496 e. The van der Waals surface area contributed by atoms with Crippen molar-refractivity contribution in [2.75, 3.05) is 26.6 Å². The molecule has 0 unspecified atom stereocenters. The fourth-order valence-corrected chi connectivity index (χ4v) is 2.44. The smallest absolute Gasteiger partial charge is 0.259 e. The molecule has 2 aromatic rings. The van der Waals surface area contributed by atoms with Crippen molar-refractivity contribution in [3.63, 3.8) is 0 Å². The number of nitrogens with one attached hydrogen (secondary N) is 1. The van der Waals surface area contributed by atoms with Crippen LogP contribution in [0.5, 0.6) is 17.2 Å². The molecule has 1 N–H and O–H groups in total. The predicted octanol–water partition coefficient (Wildman–Crippen LogP) is 3.77. The van der Waals surface area contributed by atoms with E-state index in [1.54, 1.807) is 24.3 Å². The third-order valence-corrected chi connectivity index (χ3v) is 4.09. The summed E-state index contributed by atoms with van der Waals surface area (Å²) in [5.41, 5.74) is 1.23. The van der Waals surface area contributed by atoms with E-state index in [0.717, 1.165) is 5.56 Å². The average Bonchev–Trinajstić information content (AvgIpc) is 2.67. The van der Waals surface area contributed by atoms with Crippen molar-refractivity contribution in [2.45, 2.75) is 19.3 Å². The Labute approximate surface area is 153 Å². The van der Waals surface area contributed by atoms with Crippen LogP contribution in [0.25, 0.3) is 0 Å². The van der Waals surface area contributed by atoms with Crippen LogP contribution in [0.3, 0.4) is 0 Å². The van der Waals surface area contributed by atoms with Crippen molar-refractivity contribution in [3.05, 3.63) is 47.5 Å². The lowest BCUT2D eigenvalue weighted by Crippen LogP contribution is -2.15. The third kappa shape index (κ3) is 3.89. The number of anilines is 1. The summed E-state index contributed by atoms with van der Waals surface area (Å²) in [7, 11) is 4.50. The first-order valence-corrected chi connectivity index (χ1v) is 7.99. The number of carbonyl (C=O) groups is 1. The van der Waals surface area contributed by atoms with Gasteiger partial charge in [0, 0.05) is 17.8 Å². The molecule has 0 saturated carbocycles. The van der Waals surface area contributed by atoms with Crippen LogP contribution < -0.4 is 19.5 Å². The van der Waals surface area contributed by atoms with Crippen molar-refractivity contribution < 1.29 is 19.0 Å². The zero-order chi connectivity index (χ0) is 19.3. The molecular formula is C20H22N2O4. The Morgan fingerprint density at radius 2 is 1.50 bits per heavy atom. The van der Waals surface area contributed by atoms with Gasteiger partial charge >= 0.3 is 0 Å². The Balaban J connectivity index is 2.29. The normalized spacial score (nSPS) is 10.6. The maximum atomic E-state index is 12.7. The number of ether oxygens (including phenoxy) is 3. The summed E-state index contributed by atoms with van der Waals surface area (Å²) in [6, 6.07) is 12.6. The van der Waals surface area contributed by atoms with Gasteiger partial charge in [-0.15, -0.1) is 0 Å². The largest absolute Gasteiger partial charge is 0.496 e. The molecule has 0 atom stereocenters. The van der Waals surface area contributed by atoms with Gasteiger partial charge in [-0.1, -0.05) is 12.1 Å². The second-order valence-electron chi connectivity index (χ2n) is 6.18. The number of carbonyl (C=O) groups excluding carboxylic acids is 1. The van der Waals surface area contributed by atoms with Crippen LogP contribution in [0.1, 0.15) is 29.8 Å². The summed E-state index contributed by atoms with van der Waals surface area (Å²) < 4.78 is 15.8. The monoisotopic (exact) mass is 354 g/mol. The van der Waals surface area contributed by atoms with Crippen LogP contribution in [-0.4, -0.2) is 27.2 Å². The fraction of sp³-hybridized carbons (Fsp3) is 0.300. The highest BCUT2D eigenvalue weighted by molar-refractivity contribution is 6.06. The molecule has 6 heteroatoms. The van der Waals surface area contributed by atoms with Gasteiger partial charge < -0.3 is 19.5 Å². The Morgan fingerprint density at radius 3 is 2.00 bits per heavy atom. The summed E-state index contributed by atoms with van der Waals surface area (Å²) in [5, 5.41) is 12.0. The lowest BCUT2D eigenvalue weighted by molar-refractivity contribution is 0.102. The van der Waals surface area contributed by atoms with Gasteiger partial charge in [0.05, 0.1) is 38.4 Å². The van der Waals surface area contributed by atoms with E-state index in [-0.39, 0.29) is 5.91 Å². The first-order valence-electron chi connectivity index (χ1n) is 7.99. The van der Waals surface area contributed by atoms with E-state index in [2.05, 4.69) is 11.4 Å². The first-order chi connectivity index (χ1) is 12.4. The average molecular weight is 354 g/mol. The molecule has 1 amide bonds. The Hall–Kier alpha value is -3.20. The van der Waals surface area contributed by atoms with Gasteiger partial charge in [0.1, 0.15) is 5.75 Å². The molecule has 6 nitrogen and oxygen atoms in total. The number of hydrogen-bond donors (Lipinski definition) is 1. The predicted molar refractivity (Wildman–Crippen MR) is 99.1 cm³/mol. The zero-order valence-electron chi connectivity index (χ0n) is 15.5. The Bertz CT molecular complexity index is 836. The maximum Gasteiger partial charge on any atom is 0.259 e. The maximum absolute atomic E-state index is 12.7. The molecule has 0 saturated heterocycles. The molecule has 0 bridgehead atoms. The van der Waals surface area contributed by atoms with Gasteiger partial charge in [0.15, 0.2) is 11.5 Å². The number of hydrogen-bond acceptors (Lipinski definition) is 5. The van der Waals surface area contributed by atoms with Crippen LogP contribution in [-0.2, 0) is 5.41 Å². The molecule has 0 heterocycles. The lowest BCUT2D eigenvalue weighted by Gasteiger charge is -2.17. The molecular weight excluding hydrogens is 332 g/mol. The van der Waals surface area contributed by atoms with Crippen LogP contribution in [0, 0.1) is 11.3 Å². The number of methoxy groups -OCH3 is 3. The van der Waals surface area contributed by atoms with E-state index in [9.17, 15) is 10.1 Å². The molecule has 0 aromatic heterocycles. The quantitative estimate of drug-likeness (QED) is 0.854. The molecule has 2 rings (SSSR count). The zero-order valence-corrected chi connectivity index (χ0v) is 15.5. The van der Waals surface area contributed by atoms with Crippen molar-refractivity contribution in [3.8, 4) is 23.3 Å². The number of benzene rings is 2. The topological polar surface area (TPSA) is 80.6 Å². The summed E-state index contributed by atoms with van der Waals surface area (Å²) in [6.07, 6.45) is 0. The molecule has 0 aliphatic heterocycles. The van der Waals surface area contributed by atoms with Crippen molar-refractivity contribution in [1.82, 2.24) is 0 Å². The van der Waals surface area contributed by atoms with E-state index < -0.39 is 5.41 Å². The molecule has 0 radical (unpaired) electrons. The van der Waals surface area contributed by atoms with E-state index in [1.165, 1.54) is 21.3 Å². The summed E-state index contributed by atoms with van der Waals surface area (Å²) in [6.45, 7) is 3.68. The van der Waals surface area contributed by atoms with Gasteiger partial charge in [-0.05, 0) is 31.5 Å². The number of amides is 1. The van der Waals surface area contributed by atoms with Gasteiger partial charge in [-0.3, -0.25) is 4.79 Å². The van der Waals surface area contributed by atoms with Crippen molar-refractivity contribution in [1.29, 1.82) is 5.26 Å². The van der Waals surface area contributed by atoms with Crippen LogP contribution in [0.2, 0.25) is 0 Å². The van der Waals surface area contributed by atoms with Gasteiger partial charge in [-0.25, -0.2) is 0 Å². The molecule has 0 fully saturated rings. The number of nitriles is 1. The molecule has 0 aliphatic carbocycles. The molecule has 136 valence electrons. The highest BCUT2D eigenvalue weighted by atomic mass is 16.5. The van der Waals surface area contributed by atoms with Gasteiger partial charge in [0.25, 0.3) is 5.91 Å². The molecule has 0 aliphatic rings. The standard InChI is InChI=1S/C20H22N2O4/c1-20(2,12-21)13-6-8-14(9-7-13)22-19(23)15-10-17(25-4)18(26-5)11-16(15)24-3/h6-11H,1-5H3,(H,22,23). The SMILES string of the molecule is COc1cc(OC)c(C(=O)Nc2ccc(C(C)(C)C#N)cc2)cc1OC. The van der Waals surface area contributed by atoms with Crippen LogP contribution in [0.15, 0.2) is 36.4 Å². The molecule has 26 heavy (non-hydrogen) atoms. The number of rotatable bonds is 6. The van der Waals surface area contributed by atoms with Crippen molar-refractivity contribution in [2.24, 2.45) is 0 Å². The fourth-order valence-electron chi connectivity index (χ4n) is 2.44. The Kier molecular flexibility index (Phi) is 5.73. The van der Waals surface area contributed by atoms with Crippen LogP contribution in [0.4, 0.5) is 5.69 Å². The summed E-state index contributed by atoms with van der Waals surface area (Å²) in [5.74, 6) is 0.950. The summed E-state index contributed by atoms with van der Waals surface area (Å²) >= 11 is 0. The second kappa shape index (κ2) is 7.79. The highest BCUT2D eigenvalue weighted by Gasteiger charge is 2.20. The van der Waals surface area contributed by atoms with Gasteiger partial charge in [0.2, 0.25) is 0 Å². The Morgan fingerprint density at radius 1 is 0.962 bits per heavy atom. The van der Waals surface area contributed by atoms with E-state index in [1.807, 2.05) is 26.0 Å². The minimum atomic E-state index is -0.588. The van der Waals surface area contributed by atoms with Gasteiger partial charge in [-0.2, -0.15) is 5.26 Å². The highest BCUT2D eigenvalue weighted by Crippen LogP contribution is 2.35. The first kappa shape index (κ1) is 19.1. The second-order valence-corrected chi connectivity index (χ2v) is 6.18. The van der Waals surface area contributed by atoms with E-state index in [0.29, 0.717) is 28.5 Å². The molecule has 0 spiro atoms. The lowest BCUT2D eigenvalue weighted by atomic mass is 9.86. The third-order valence-electron chi connectivity index (χ3n) is 4.09. The number of nitrogens with zero attached hydrogens (tertiary/aromatic N) is 1. The van der Waals surface area contributed by atoms with Crippen LogP contribution >= 0.6 is 0 Å². The van der Waals surface area contributed by atoms with E-state index >= 15 is 0 Å². The van der Waals surface area contributed by atoms with Crippen molar-refractivity contribution >= 4 is 11.6 Å². The minimum absolute atomic E-state index is 0.326. The van der Waals surface area contributed by atoms with E-state index in [4.69, 9.17) is 14.2 Å². The summed E-state index contributed by atoms with van der Waals surface area (Å²) in [4.78, 5) is 12.7. The molecule has 2 aromatic carbocycles.